The van der Waals surface area contributed by atoms with Crippen LogP contribution in [0.2, 0.25) is 0 Å². The molecule has 2 aromatic rings. The summed E-state index contributed by atoms with van der Waals surface area (Å²) < 4.78 is 21.3. The van der Waals surface area contributed by atoms with Crippen LogP contribution in [0.15, 0.2) is 30.3 Å². The van der Waals surface area contributed by atoms with Gasteiger partial charge in [-0.2, -0.15) is 0 Å². The Morgan fingerprint density at radius 2 is 1.53 bits per heavy atom. The number of methoxy groups -OCH3 is 4. The Morgan fingerprint density at radius 3 is 2.03 bits per heavy atom. The van der Waals surface area contributed by atoms with Gasteiger partial charge in [-0.05, 0) is 35.4 Å². The van der Waals surface area contributed by atoms with Gasteiger partial charge in [0.2, 0.25) is 11.7 Å². The zero-order chi connectivity index (χ0) is 21.4. The molecule has 1 unspecified atom stereocenters. The molecule has 2 rings (SSSR count). The number of hydrogen-bond acceptors (Lipinski definition) is 7. The summed E-state index contributed by atoms with van der Waals surface area (Å²) in [5, 5.41) is 11.7. The van der Waals surface area contributed by atoms with E-state index in [-0.39, 0.29) is 12.4 Å². The first kappa shape index (κ1) is 25.1. The van der Waals surface area contributed by atoms with Crippen LogP contribution >= 0.6 is 12.4 Å². The summed E-state index contributed by atoms with van der Waals surface area (Å²) in [6.07, 6.45) is 3.74. The third kappa shape index (κ3) is 6.03. The lowest BCUT2D eigenvalue weighted by Crippen LogP contribution is -2.38. The van der Waals surface area contributed by atoms with E-state index in [0.717, 1.165) is 11.1 Å². The maximum Gasteiger partial charge on any atom is 0.243 e. The molecule has 8 nitrogen and oxygen atoms in total. The van der Waals surface area contributed by atoms with Crippen molar-refractivity contribution < 1.29 is 28.8 Å². The Balaban J connectivity index is 0.00000450. The maximum absolute atomic E-state index is 12.0. The van der Waals surface area contributed by atoms with Crippen LogP contribution in [0.3, 0.4) is 0 Å². The number of nitrogens with two attached hydrogens (primary N) is 1. The van der Waals surface area contributed by atoms with E-state index in [1.54, 1.807) is 33.5 Å². The minimum atomic E-state index is -1.02. The first-order valence-corrected chi connectivity index (χ1v) is 8.80. The highest BCUT2D eigenvalue weighted by molar-refractivity contribution is 5.96. The average molecular weight is 439 g/mol. The number of rotatable bonds is 9. The first-order valence-electron chi connectivity index (χ1n) is 8.80. The van der Waals surface area contributed by atoms with Gasteiger partial charge in [-0.25, -0.2) is 0 Å². The van der Waals surface area contributed by atoms with Gasteiger partial charge in [0.25, 0.3) is 0 Å². The summed E-state index contributed by atoms with van der Waals surface area (Å²) in [6.45, 7) is -0.450. The molecule has 30 heavy (non-hydrogen) atoms. The molecule has 0 aromatic heterocycles. The lowest BCUT2D eigenvalue weighted by Gasteiger charge is -2.14. The second kappa shape index (κ2) is 11.9. The molecular formula is C21H27ClN2O6. The molecule has 0 bridgehead atoms. The van der Waals surface area contributed by atoms with Gasteiger partial charge in [-0.3, -0.25) is 4.79 Å². The minimum Gasteiger partial charge on any atom is -0.495 e. The molecule has 0 spiro atoms. The molecule has 164 valence electrons. The van der Waals surface area contributed by atoms with Crippen LogP contribution in [0, 0.1) is 0 Å². The Morgan fingerprint density at radius 1 is 0.967 bits per heavy atom. The smallest absolute Gasteiger partial charge is 0.243 e. The lowest BCUT2D eigenvalue weighted by atomic mass is 10.1. The number of halogens is 1. The Kier molecular flexibility index (Phi) is 9.97. The van der Waals surface area contributed by atoms with E-state index in [9.17, 15) is 4.79 Å². The molecule has 0 aliphatic carbocycles. The van der Waals surface area contributed by atoms with Crippen molar-refractivity contribution in [2.45, 2.75) is 6.04 Å². The highest BCUT2D eigenvalue weighted by Gasteiger charge is 2.15. The van der Waals surface area contributed by atoms with E-state index < -0.39 is 18.6 Å². The molecule has 0 saturated carbocycles. The van der Waals surface area contributed by atoms with Crippen molar-refractivity contribution in [1.29, 1.82) is 0 Å². The van der Waals surface area contributed by atoms with Crippen LogP contribution in [-0.4, -0.2) is 52.1 Å². The second-order valence-electron chi connectivity index (χ2n) is 6.03. The predicted molar refractivity (Wildman–Crippen MR) is 119 cm³/mol. The van der Waals surface area contributed by atoms with Crippen LogP contribution in [0.1, 0.15) is 11.1 Å². The van der Waals surface area contributed by atoms with E-state index in [1.165, 1.54) is 7.11 Å². The molecule has 1 amide bonds. The van der Waals surface area contributed by atoms with E-state index >= 15 is 0 Å². The second-order valence-corrected chi connectivity index (χ2v) is 6.03. The van der Waals surface area contributed by atoms with E-state index in [4.69, 9.17) is 29.8 Å². The van der Waals surface area contributed by atoms with Crippen molar-refractivity contribution in [3.05, 3.63) is 41.5 Å². The molecule has 0 fully saturated rings. The number of benzene rings is 2. The van der Waals surface area contributed by atoms with Crippen LogP contribution < -0.4 is 30.0 Å². The zero-order valence-corrected chi connectivity index (χ0v) is 18.1. The molecule has 0 aliphatic heterocycles. The Bertz CT molecular complexity index is 863. The number of aliphatic hydroxyl groups excluding tert-OH is 1. The van der Waals surface area contributed by atoms with Crippen LogP contribution in [0.5, 0.6) is 23.0 Å². The number of aliphatic hydroxyl groups is 1. The molecule has 1 atom stereocenters. The monoisotopic (exact) mass is 438 g/mol. The number of carbonyl (C=O) groups excluding carboxylic acids is 1. The molecule has 9 heteroatoms. The summed E-state index contributed by atoms with van der Waals surface area (Å²) in [5.41, 5.74) is 7.66. The van der Waals surface area contributed by atoms with Crippen LogP contribution in [-0.2, 0) is 4.79 Å². The number of amides is 1. The fourth-order valence-electron chi connectivity index (χ4n) is 2.63. The number of ether oxygens (including phenoxy) is 4. The molecular weight excluding hydrogens is 412 g/mol. The molecule has 0 aliphatic rings. The van der Waals surface area contributed by atoms with Crippen molar-refractivity contribution in [1.82, 2.24) is 0 Å². The van der Waals surface area contributed by atoms with Gasteiger partial charge >= 0.3 is 0 Å². The van der Waals surface area contributed by atoms with Gasteiger partial charge in [-0.15, -0.1) is 12.4 Å². The summed E-state index contributed by atoms with van der Waals surface area (Å²) in [7, 11) is 6.16. The maximum atomic E-state index is 12.0. The van der Waals surface area contributed by atoms with Gasteiger partial charge < -0.3 is 35.1 Å². The molecule has 4 N–H and O–H groups in total. The van der Waals surface area contributed by atoms with Gasteiger partial charge in [0.15, 0.2) is 11.5 Å². The van der Waals surface area contributed by atoms with E-state index in [2.05, 4.69) is 5.32 Å². The van der Waals surface area contributed by atoms with E-state index in [0.29, 0.717) is 28.7 Å². The van der Waals surface area contributed by atoms with Crippen molar-refractivity contribution in [2.24, 2.45) is 5.73 Å². The normalized spacial score (nSPS) is 11.4. The fourth-order valence-corrected chi connectivity index (χ4v) is 2.63. The SMILES string of the molecule is COc1ccc(C=Cc2cc(OC)c(OC)c(OC)c2)cc1NC(=O)C(N)CO.Cl. The molecule has 2 aromatic carbocycles. The first-order chi connectivity index (χ1) is 14.0. The summed E-state index contributed by atoms with van der Waals surface area (Å²) in [5.74, 6) is 1.59. The Labute approximate surface area is 182 Å². The summed E-state index contributed by atoms with van der Waals surface area (Å²) >= 11 is 0. The van der Waals surface area contributed by atoms with E-state index in [1.807, 2.05) is 30.4 Å². The number of anilines is 1. The van der Waals surface area contributed by atoms with Crippen molar-refractivity contribution >= 4 is 36.2 Å². The van der Waals surface area contributed by atoms with Gasteiger partial charge in [0.1, 0.15) is 11.8 Å². The molecule has 0 heterocycles. The van der Waals surface area contributed by atoms with Gasteiger partial charge in [0.05, 0.1) is 40.7 Å². The number of hydrogen-bond donors (Lipinski definition) is 3. The fraction of sp³-hybridized carbons (Fsp3) is 0.286. The zero-order valence-electron chi connectivity index (χ0n) is 17.3. The van der Waals surface area contributed by atoms with Crippen LogP contribution in [0.25, 0.3) is 12.2 Å². The van der Waals surface area contributed by atoms with Crippen molar-refractivity contribution in [3.63, 3.8) is 0 Å². The van der Waals surface area contributed by atoms with Crippen LogP contribution in [0.4, 0.5) is 5.69 Å². The average Bonchev–Trinajstić information content (AvgIpc) is 2.76. The summed E-state index contributed by atoms with van der Waals surface area (Å²) in [4.78, 5) is 12.0. The van der Waals surface area contributed by atoms with Crippen molar-refractivity contribution in [3.8, 4) is 23.0 Å². The number of nitrogens with one attached hydrogen (secondary N) is 1. The van der Waals surface area contributed by atoms with Gasteiger partial charge in [0, 0.05) is 0 Å². The number of carbonyl (C=O) groups is 1. The molecule has 0 radical (unpaired) electrons. The standard InChI is InChI=1S/C21H26N2O6.ClH/c1-26-17-8-7-13(9-16(17)23-21(25)15(22)12-24)5-6-14-10-18(27-2)20(29-4)19(11-14)28-3;/h5-11,15,24H,12,22H2,1-4H3,(H,23,25);1H. The molecule has 0 saturated heterocycles. The lowest BCUT2D eigenvalue weighted by molar-refractivity contribution is -0.118. The highest BCUT2D eigenvalue weighted by Crippen LogP contribution is 2.38. The minimum absolute atomic E-state index is 0. The third-order valence-corrected chi connectivity index (χ3v) is 4.17. The predicted octanol–water partition coefficient (Wildman–Crippen LogP) is 2.57. The quantitative estimate of drug-likeness (QED) is 0.516. The van der Waals surface area contributed by atoms with Crippen molar-refractivity contribution in [2.75, 3.05) is 40.4 Å². The topological polar surface area (TPSA) is 112 Å². The Hall–Kier alpha value is -2.94. The van der Waals surface area contributed by atoms with Gasteiger partial charge in [-0.1, -0.05) is 18.2 Å². The highest BCUT2D eigenvalue weighted by atomic mass is 35.5. The largest absolute Gasteiger partial charge is 0.495 e. The summed E-state index contributed by atoms with van der Waals surface area (Å²) in [6, 6.07) is 7.95. The third-order valence-electron chi connectivity index (χ3n) is 4.17.